The van der Waals surface area contributed by atoms with Crippen LogP contribution in [0.25, 0.3) is 10.8 Å². The number of nitrogens with zero attached hydrogens (tertiary/aromatic N) is 1. The Morgan fingerprint density at radius 1 is 1.00 bits per heavy atom. The Morgan fingerprint density at radius 2 is 1.68 bits per heavy atom. The summed E-state index contributed by atoms with van der Waals surface area (Å²) < 4.78 is 37.7. The molecule has 0 aliphatic heterocycles. The second kappa shape index (κ2) is 6.47. The molecule has 3 aromatic rings. The van der Waals surface area contributed by atoms with Crippen molar-refractivity contribution in [2.45, 2.75) is 6.92 Å². The van der Waals surface area contributed by atoms with E-state index in [0.717, 1.165) is 12.1 Å². The Labute approximate surface area is 143 Å². The van der Waals surface area contributed by atoms with Crippen LogP contribution >= 0.6 is 0 Å². The average Bonchev–Trinajstić information content (AvgIpc) is 2.59. The van der Waals surface area contributed by atoms with Gasteiger partial charge in [-0.15, -0.1) is 0 Å². The highest BCUT2D eigenvalue weighted by atomic mass is 19.1. The van der Waals surface area contributed by atoms with Crippen LogP contribution in [0.3, 0.4) is 0 Å². The van der Waals surface area contributed by atoms with Crippen molar-refractivity contribution in [2.24, 2.45) is 0 Å². The van der Waals surface area contributed by atoms with Gasteiger partial charge in [0.25, 0.3) is 0 Å². The first-order valence-corrected chi connectivity index (χ1v) is 7.47. The number of carbonyl (C=O) groups excluding carboxylic acids is 1. The van der Waals surface area contributed by atoms with E-state index in [0.29, 0.717) is 34.0 Å². The van der Waals surface area contributed by atoms with Gasteiger partial charge in [0.05, 0.1) is 19.8 Å². The topological polar surface area (TPSA) is 48.4 Å². The second-order valence-electron chi connectivity index (χ2n) is 5.49. The van der Waals surface area contributed by atoms with Crippen molar-refractivity contribution in [1.82, 2.24) is 4.98 Å². The number of carbonyl (C=O) groups is 1. The molecule has 0 fully saturated rings. The van der Waals surface area contributed by atoms with Crippen molar-refractivity contribution < 1.29 is 23.0 Å². The Hall–Kier alpha value is -3.02. The number of hydrogen-bond acceptors (Lipinski definition) is 4. The molecule has 0 spiro atoms. The van der Waals surface area contributed by atoms with Gasteiger partial charge in [-0.1, -0.05) is 0 Å². The van der Waals surface area contributed by atoms with Gasteiger partial charge in [-0.05, 0) is 42.6 Å². The van der Waals surface area contributed by atoms with Crippen molar-refractivity contribution in [2.75, 3.05) is 14.2 Å². The highest BCUT2D eigenvalue weighted by Crippen LogP contribution is 2.34. The van der Waals surface area contributed by atoms with E-state index in [-0.39, 0.29) is 11.3 Å². The Balaban J connectivity index is 2.25. The first-order chi connectivity index (χ1) is 11.9. The largest absolute Gasteiger partial charge is 0.493 e. The Bertz CT molecular complexity index is 986. The molecule has 25 heavy (non-hydrogen) atoms. The van der Waals surface area contributed by atoms with Crippen molar-refractivity contribution in [3.8, 4) is 11.5 Å². The number of rotatable bonds is 4. The van der Waals surface area contributed by atoms with E-state index < -0.39 is 17.4 Å². The van der Waals surface area contributed by atoms with Crippen LogP contribution in [0.2, 0.25) is 0 Å². The quantitative estimate of drug-likeness (QED) is 0.670. The zero-order chi connectivity index (χ0) is 18.1. The molecule has 0 N–H and O–H groups in total. The van der Waals surface area contributed by atoms with Crippen molar-refractivity contribution in [3.63, 3.8) is 0 Å². The van der Waals surface area contributed by atoms with E-state index >= 15 is 0 Å². The van der Waals surface area contributed by atoms with Crippen LogP contribution in [-0.4, -0.2) is 25.0 Å². The van der Waals surface area contributed by atoms with Crippen molar-refractivity contribution in [1.29, 1.82) is 0 Å². The van der Waals surface area contributed by atoms with E-state index in [4.69, 9.17) is 9.47 Å². The fourth-order valence-corrected chi connectivity index (χ4v) is 2.69. The summed E-state index contributed by atoms with van der Waals surface area (Å²) in [6, 6.07) is 7.96. The highest BCUT2D eigenvalue weighted by molar-refractivity contribution is 6.15. The van der Waals surface area contributed by atoms with Gasteiger partial charge in [-0.2, -0.15) is 0 Å². The van der Waals surface area contributed by atoms with Gasteiger partial charge in [-0.3, -0.25) is 4.79 Å². The predicted octanol–water partition coefficient (Wildman–Crippen LogP) is 4.07. The lowest BCUT2D eigenvalue weighted by molar-refractivity contribution is 0.103. The number of methoxy groups -OCH3 is 2. The maximum Gasteiger partial charge on any atom is 0.214 e. The van der Waals surface area contributed by atoms with Crippen LogP contribution in [-0.2, 0) is 0 Å². The predicted molar refractivity (Wildman–Crippen MR) is 89.4 cm³/mol. The van der Waals surface area contributed by atoms with Crippen LogP contribution in [0, 0.1) is 18.6 Å². The maximum atomic E-state index is 14.0. The number of halogens is 2. The molecule has 128 valence electrons. The number of benzene rings is 2. The average molecular weight is 343 g/mol. The van der Waals surface area contributed by atoms with Crippen LogP contribution in [0.15, 0.2) is 36.4 Å². The zero-order valence-corrected chi connectivity index (χ0v) is 13.9. The Kier molecular flexibility index (Phi) is 4.35. The number of hydrogen-bond donors (Lipinski definition) is 0. The van der Waals surface area contributed by atoms with Crippen LogP contribution in [0.5, 0.6) is 11.5 Å². The fraction of sp³-hybridized carbons (Fsp3) is 0.158. The van der Waals surface area contributed by atoms with Gasteiger partial charge in [0, 0.05) is 17.1 Å². The van der Waals surface area contributed by atoms with Gasteiger partial charge in [0.1, 0.15) is 17.3 Å². The number of aromatic nitrogens is 1. The third-order valence-corrected chi connectivity index (χ3v) is 3.85. The summed E-state index contributed by atoms with van der Waals surface area (Å²) in [4.78, 5) is 17.1. The summed E-state index contributed by atoms with van der Waals surface area (Å²) in [5, 5.41) is 1.20. The summed E-state index contributed by atoms with van der Waals surface area (Å²) in [5.74, 6) is -1.37. The molecule has 3 rings (SSSR count). The lowest BCUT2D eigenvalue weighted by atomic mass is 10.0. The number of aryl methyl sites for hydroxylation is 1. The lowest BCUT2D eigenvalue weighted by Crippen LogP contribution is -2.09. The molecular formula is C19H15F2NO3. The summed E-state index contributed by atoms with van der Waals surface area (Å²) >= 11 is 0. The molecule has 0 aliphatic carbocycles. The second-order valence-corrected chi connectivity index (χ2v) is 5.49. The standard InChI is InChI=1S/C19H15F2NO3/c1-10-6-11-7-16(24-2)17(25-3)9-14(11)18(22-10)19(23)13-5-4-12(20)8-15(13)21/h4-9H,1-3H3. The molecule has 1 heterocycles. The smallest absolute Gasteiger partial charge is 0.214 e. The molecule has 0 unspecified atom stereocenters. The molecule has 0 radical (unpaired) electrons. The number of ketones is 1. The molecule has 0 aliphatic rings. The molecule has 0 saturated carbocycles. The first kappa shape index (κ1) is 16.8. The summed E-state index contributed by atoms with van der Waals surface area (Å²) in [6.07, 6.45) is 0. The number of fused-ring (bicyclic) bond motifs is 1. The SMILES string of the molecule is COc1cc2cc(C)nc(C(=O)c3ccc(F)cc3F)c2cc1OC. The van der Waals surface area contributed by atoms with Crippen LogP contribution in [0.1, 0.15) is 21.7 Å². The van der Waals surface area contributed by atoms with Gasteiger partial charge in [-0.25, -0.2) is 13.8 Å². The van der Waals surface area contributed by atoms with E-state index in [9.17, 15) is 13.6 Å². The number of ether oxygens (including phenoxy) is 2. The molecule has 4 nitrogen and oxygen atoms in total. The van der Waals surface area contributed by atoms with E-state index in [1.54, 1.807) is 25.1 Å². The van der Waals surface area contributed by atoms with Gasteiger partial charge < -0.3 is 9.47 Å². The maximum absolute atomic E-state index is 14.0. The van der Waals surface area contributed by atoms with Crippen molar-refractivity contribution >= 4 is 16.6 Å². The molecule has 0 amide bonds. The van der Waals surface area contributed by atoms with Gasteiger partial charge in [0.2, 0.25) is 5.78 Å². The fourth-order valence-electron chi connectivity index (χ4n) is 2.69. The van der Waals surface area contributed by atoms with Crippen LogP contribution < -0.4 is 9.47 Å². The molecule has 0 bridgehead atoms. The highest BCUT2D eigenvalue weighted by Gasteiger charge is 2.20. The number of pyridine rings is 1. The first-order valence-electron chi connectivity index (χ1n) is 7.47. The Morgan fingerprint density at radius 3 is 2.32 bits per heavy atom. The van der Waals surface area contributed by atoms with Crippen molar-refractivity contribution in [3.05, 3.63) is 65.0 Å². The lowest BCUT2D eigenvalue weighted by Gasteiger charge is -2.12. The van der Waals surface area contributed by atoms with E-state index in [1.165, 1.54) is 14.2 Å². The third kappa shape index (κ3) is 3.03. The molecule has 2 aromatic carbocycles. The van der Waals surface area contributed by atoms with E-state index in [2.05, 4.69) is 4.98 Å². The summed E-state index contributed by atoms with van der Waals surface area (Å²) in [5.41, 5.74) is 0.419. The minimum absolute atomic E-state index is 0.0708. The molecule has 0 saturated heterocycles. The zero-order valence-electron chi connectivity index (χ0n) is 13.9. The minimum Gasteiger partial charge on any atom is -0.493 e. The normalized spacial score (nSPS) is 10.8. The van der Waals surface area contributed by atoms with Gasteiger partial charge >= 0.3 is 0 Å². The summed E-state index contributed by atoms with van der Waals surface area (Å²) in [6.45, 7) is 1.73. The van der Waals surface area contributed by atoms with E-state index in [1.807, 2.05) is 0 Å². The molecule has 0 atom stereocenters. The third-order valence-electron chi connectivity index (χ3n) is 3.85. The minimum atomic E-state index is -0.929. The summed E-state index contributed by atoms with van der Waals surface area (Å²) in [7, 11) is 2.99. The van der Waals surface area contributed by atoms with Crippen LogP contribution in [0.4, 0.5) is 8.78 Å². The monoisotopic (exact) mass is 343 g/mol. The molecule has 6 heteroatoms. The molecule has 1 aromatic heterocycles. The molecular weight excluding hydrogens is 328 g/mol. The van der Waals surface area contributed by atoms with Gasteiger partial charge in [0.15, 0.2) is 11.5 Å².